The summed E-state index contributed by atoms with van der Waals surface area (Å²) in [5.74, 6) is 1.04. The van der Waals surface area contributed by atoms with E-state index < -0.39 is 5.97 Å². The van der Waals surface area contributed by atoms with Crippen molar-refractivity contribution in [3.63, 3.8) is 0 Å². The van der Waals surface area contributed by atoms with Crippen LogP contribution < -0.4 is 19.5 Å². The molecule has 0 aliphatic rings. The maximum atomic E-state index is 12.8. The monoisotopic (exact) mass is 509 g/mol. The van der Waals surface area contributed by atoms with Crippen LogP contribution in [0.2, 0.25) is 0 Å². The van der Waals surface area contributed by atoms with Gasteiger partial charge in [0.1, 0.15) is 16.3 Å². The number of esters is 1. The zero-order valence-electron chi connectivity index (χ0n) is 21.0. The Morgan fingerprint density at radius 2 is 1.75 bits per heavy atom. The van der Waals surface area contributed by atoms with Crippen LogP contribution in [-0.4, -0.2) is 39.3 Å². The van der Waals surface area contributed by atoms with Crippen LogP contribution in [0.25, 0.3) is 17.2 Å². The quantitative estimate of drug-likeness (QED) is 0.172. The van der Waals surface area contributed by atoms with Gasteiger partial charge < -0.3 is 24.3 Å². The van der Waals surface area contributed by atoms with Gasteiger partial charge in [0.25, 0.3) is 0 Å². The summed E-state index contributed by atoms with van der Waals surface area (Å²) >= 11 is 1.25. The summed E-state index contributed by atoms with van der Waals surface area (Å²) in [4.78, 5) is 25.5. The fourth-order valence-electron chi connectivity index (χ4n) is 3.41. The molecule has 0 radical (unpaired) electrons. The molecule has 1 amide bonds. The third-order valence-corrected chi connectivity index (χ3v) is 6.17. The summed E-state index contributed by atoms with van der Waals surface area (Å²) < 4.78 is 21.7. The van der Waals surface area contributed by atoms with Gasteiger partial charge in [-0.25, -0.2) is 4.79 Å². The van der Waals surface area contributed by atoms with Gasteiger partial charge in [0.05, 0.1) is 27.4 Å². The highest BCUT2D eigenvalue weighted by Crippen LogP contribution is 2.39. The van der Waals surface area contributed by atoms with Gasteiger partial charge >= 0.3 is 5.97 Å². The van der Waals surface area contributed by atoms with E-state index in [9.17, 15) is 9.59 Å². The molecule has 2 aromatic carbocycles. The molecule has 0 bridgehead atoms. The van der Waals surface area contributed by atoms with Crippen molar-refractivity contribution in [3.8, 4) is 28.4 Å². The van der Waals surface area contributed by atoms with E-state index in [0.29, 0.717) is 34.2 Å². The lowest BCUT2D eigenvalue weighted by Gasteiger charge is -2.11. The molecular formula is C28H31NO6S. The molecule has 0 saturated carbocycles. The standard InChI is InChI=1S/C28H31NO6S/c1-5-7-16-35-21-12-8-19(9-13-21)10-15-25(30)29-27-26(28(31)34-6-2)22(18-36-27)20-11-14-23(32-3)24(17-20)33-4/h8-15,17-18H,5-7,16H2,1-4H3,(H,29,30)/b15-10+. The van der Waals surface area contributed by atoms with Crippen LogP contribution >= 0.6 is 11.3 Å². The predicted octanol–water partition coefficient (Wildman–Crippen LogP) is 6.44. The van der Waals surface area contributed by atoms with Crippen molar-refractivity contribution in [2.75, 3.05) is 32.8 Å². The minimum Gasteiger partial charge on any atom is -0.494 e. The average Bonchev–Trinajstić information content (AvgIpc) is 3.31. The second-order valence-corrected chi connectivity index (χ2v) is 8.62. The molecule has 3 rings (SSSR count). The number of carbonyl (C=O) groups excluding carboxylic acids is 2. The van der Waals surface area contributed by atoms with Gasteiger partial charge in [-0.05, 0) is 54.8 Å². The molecule has 1 heterocycles. The molecular weight excluding hydrogens is 478 g/mol. The van der Waals surface area contributed by atoms with Crippen LogP contribution in [0.5, 0.6) is 17.2 Å². The average molecular weight is 510 g/mol. The summed E-state index contributed by atoms with van der Waals surface area (Å²) in [6.45, 7) is 4.75. The minimum atomic E-state index is -0.513. The van der Waals surface area contributed by atoms with Gasteiger partial charge in [0.2, 0.25) is 5.91 Å². The molecule has 0 spiro atoms. The Morgan fingerprint density at radius 3 is 2.42 bits per heavy atom. The van der Waals surface area contributed by atoms with E-state index in [2.05, 4.69) is 12.2 Å². The maximum Gasteiger partial charge on any atom is 0.341 e. The van der Waals surface area contributed by atoms with Crippen molar-refractivity contribution in [1.82, 2.24) is 0 Å². The zero-order valence-corrected chi connectivity index (χ0v) is 21.8. The topological polar surface area (TPSA) is 83.1 Å². The van der Waals surface area contributed by atoms with Crippen molar-refractivity contribution < 1.29 is 28.5 Å². The fourth-order valence-corrected chi connectivity index (χ4v) is 4.37. The van der Waals surface area contributed by atoms with Crippen molar-refractivity contribution in [3.05, 3.63) is 65.0 Å². The number of amides is 1. The minimum absolute atomic E-state index is 0.214. The van der Waals surface area contributed by atoms with Gasteiger partial charge in [-0.3, -0.25) is 4.79 Å². The number of ether oxygens (including phenoxy) is 4. The first-order chi connectivity index (χ1) is 17.5. The van der Waals surface area contributed by atoms with Crippen LogP contribution in [-0.2, 0) is 9.53 Å². The van der Waals surface area contributed by atoms with Crippen LogP contribution in [0.15, 0.2) is 53.9 Å². The van der Waals surface area contributed by atoms with Gasteiger partial charge in [-0.1, -0.05) is 31.5 Å². The first-order valence-corrected chi connectivity index (χ1v) is 12.6. The van der Waals surface area contributed by atoms with Gasteiger partial charge in [0, 0.05) is 17.0 Å². The molecule has 0 fully saturated rings. The molecule has 36 heavy (non-hydrogen) atoms. The van der Waals surface area contributed by atoms with Crippen molar-refractivity contribution in [2.45, 2.75) is 26.7 Å². The van der Waals surface area contributed by atoms with Gasteiger partial charge in [0.15, 0.2) is 11.5 Å². The lowest BCUT2D eigenvalue weighted by atomic mass is 10.0. The SMILES string of the molecule is CCCCOc1ccc(/C=C/C(=O)Nc2scc(-c3ccc(OC)c(OC)c3)c2C(=O)OCC)cc1. The van der Waals surface area contributed by atoms with Crippen LogP contribution in [0.3, 0.4) is 0 Å². The van der Waals surface area contributed by atoms with Gasteiger partial charge in [-0.15, -0.1) is 11.3 Å². The summed E-state index contributed by atoms with van der Waals surface area (Å²) in [5.41, 5.74) is 2.53. The molecule has 0 aliphatic heterocycles. The number of hydrogen-bond donors (Lipinski definition) is 1. The smallest absolute Gasteiger partial charge is 0.341 e. The second kappa shape index (κ2) is 13.3. The Hall–Kier alpha value is -3.78. The lowest BCUT2D eigenvalue weighted by molar-refractivity contribution is -0.111. The number of benzene rings is 2. The van der Waals surface area contributed by atoms with E-state index in [4.69, 9.17) is 18.9 Å². The summed E-state index contributed by atoms with van der Waals surface area (Å²) in [6.07, 6.45) is 5.22. The first kappa shape index (κ1) is 26.8. The largest absolute Gasteiger partial charge is 0.494 e. The highest BCUT2D eigenvalue weighted by molar-refractivity contribution is 7.15. The van der Waals surface area contributed by atoms with Crippen molar-refractivity contribution >= 4 is 34.3 Å². The highest BCUT2D eigenvalue weighted by atomic mass is 32.1. The third-order valence-electron chi connectivity index (χ3n) is 5.28. The molecule has 0 unspecified atom stereocenters. The van der Waals surface area contributed by atoms with E-state index in [1.54, 1.807) is 39.4 Å². The van der Waals surface area contributed by atoms with Crippen LogP contribution in [0.1, 0.15) is 42.6 Å². The fraction of sp³-hybridized carbons (Fsp3) is 0.286. The summed E-state index contributed by atoms with van der Waals surface area (Å²) in [6, 6.07) is 12.9. The summed E-state index contributed by atoms with van der Waals surface area (Å²) in [5, 5.41) is 5.04. The Morgan fingerprint density at radius 1 is 1.00 bits per heavy atom. The Bertz CT molecular complexity index is 1200. The molecule has 1 N–H and O–H groups in total. The van der Waals surface area contributed by atoms with E-state index in [1.165, 1.54) is 17.4 Å². The van der Waals surface area contributed by atoms with E-state index in [-0.39, 0.29) is 12.5 Å². The third kappa shape index (κ3) is 6.88. The van der Waals surface area contributed by atoms with Crippen LogP contribution in [0, 0.1) is 0 Å². The number of unbranched alkanes of at least 4 members (excludes halogenated alkanes) is 1. The predicted molar refractivity (Wildman–Crippen MR) is 143 cm³/mol. The lowest BCUT2D eigenvalue weighted by Crippen LogP contribution is -2.12. The molecule has 0 atom stereocenters. The molecule has 3 aromatic rings. The van der Waals surface area contributed by atoms with E-state index in [1.807, 2.05) is 35.7 Å². The number of carbonyl (C=O) groups is 2. The molecule has 8 heteroatoms. The number of anilines is 1. The molecule has 190 valence electrons. The zero-order chi connectivity index (χ0) is 25.9. The molecule has 7 nitrogen and oxygen atoms in total. The van der Waals surface area contributed by atoms with E-state index in [0.717, 1.165) is 29.7 Å². The molecule has 1 aromatic heterocycles. The van der Waals surface area contributed by atoms with Crippen LogP contribution in [0.4, 0.5) is 5.00 Å². The molecule has 0 saturated heterocycles. The molecule has 0 aliphatic carbocycles. The number of thiophene rings is 1. The maximum absolute atomic E-state index is 12.8. The van der Waals surface area contributed by atoms with Gasteiger partial charge in [-0.2, -0.15) is 0 Å². The number of rotatable bonds is 12. The Kier molecular flexibility index (Phi) is 9.94. The van der Waals surface area contributed by atoms with Crippen molar-refractivity contribution in [2.24, 2.45) is 0 Å². The number of nitrogens with one attached hydrogen (secondary N) is 1. The summed E-state index contributed by atoms with van der Waals surface area (Å²) in [7, 11) is 3.11. The van der Waals surface area contributed by atoms with Crippen molar-refractivity contribution in [1.29, 1.82) is 0 Å². The normalized spacial score (nSPS) is 10.8. The Balaban J connectivity index is 1.79. The Labute approximate surface area is 215 Å². The highest BCUT2D eigenvalue weighted by Gasteiger charge is 2.23. The second-order valence-electron chi connectivity index (χ2n) is 7.74. The van der Waals surface area contributed by atoms with E-state index >= 15 is 0 Å². The number of methoxy groups -OCH3 is 2. The first-order valence-electron chi connectivity index (χ1n) is 11.7. The number of hydrogen-bond acceptors (Lipinski definition) is 7.